The minimum Gasteiger partial charge on any atom is -0.344 e. The predicted octanol–water partition coefficient (Wildman–Crippen LogP) is 4.86. The van der Waals surface area contributed by atoms with E-state index in [0.29, 0.717) is 6.54 Å². The minimum absolute atomic E-state index is 0.575. The molecule has 0 bridgehead atoms. The van der Waals surface area contributed by atoms with Gasteiger partial charge < -0.3 is 9.88 Å². The van der Waals surface area contributed by atoms with Crippen LogP contribution in [0, 0.1) is 6.92 Å². The molecule has 0 fully saturated rings. The van der Waals surface area contributed by atoms with Crippen LogP contribution in [0.1, 0.15) is 27.9 Å². The molecule has 136 valence electrons. The largest absolute Gasteiger partial charge is 0.416 e. The highest BCUT2D eigenvalue weighted by Crippen LogP contribution is 2.35. The van der Waals surface area contributed by atoms with Gasteiger partial charge in [0.1, 0.15) is 0 Å². The van der Waals surface area contributed by atoms with E-state index in [0.717, 1.165) is 42.4 Å². The van der Waals surface area contributed by atoms with Crippen LogP contribution in [-0.4, -0.2) is 11.1 Å². The number of benzene rings is 2. The van der Waals surface area contributed by atoms with Gasteiger partial charge in [-0.25, -0.2) is 0 Å². The Morgan fingerprint density at radius 2 is 1.85 bits per heavy atom. The van der Waals surface area contributed by atoms with E-state index >= 15 is 0 Å². The first-order valence-electron chi connectivity index (χ1n) is 8.91. The number of rotatable bonds is 3. The molecule has 5 heteroatoms. The first kappa shape index (κ1) is 17.2. The van der Waals surface area contributed by atoms with Crippen LogP contribution in [0.3, 0.4) is 0 Å². The molecular formula is C21H21F3N2. The lowest BCUT2D eigenvalue weighted by molar-refractivity contribution is -0.137. The SMILES string of the molecule is Cc1ccc(CCn2c3c(c4cc(C(F)(F)F)ccc42)CNCC3)cc1. The van der Waals surface area contributed by atoms with Gasteiger partial charge in [0.15, 0.2) is 0 Å². The molecule has 0 aliphatic carbocycles. The molecule has 1 aromatic heterocycles. The van der Waals surface area contributed by atoms with Crippen molar-refractivity contribution in [2.75, 3.05) is 6.54 Å². The Morgan fingerprint density at radius 1 is 1.08 bits per heavy atom. The van der Waals surface area contributed by atoms with E-state index in [-0.39, 0.29) is 0 Å². The number of alkyl halides is 3. The van der Waals surface area contributed by atoms with Crippen LogP contribution in [0.25, 0.3) is 10.9 Å². The number of nitrogens with zero attached hydrogens (tertiary/aromatic N) is 1. The van der Waals surface area contributed by atoms with Crippen molar-refractivity contribution in [1.29, 1.82) is 0 Å². The molecule has 1 N–H and O–H groups in total. The van der Waals surface area contributed by atoms with E-state index in [4.69, 9.17) is 0 Å². The quantitative estimate of drug-likeness (QED) is 0.708. The maximum absolute atomic E-state index is 13.1. The van der Waals surface area contributed by atoms with Crippen LogP contribution in [0.2, 0.25) is 0 Å². The molecule has 0 radical (unpaired) electrons. The fourth-order valence-electron chi connectivity index (χ4n) is 3.81. The van der Waals surface area contributed by atoms with Gasteiger partial charge in [-0.3, -0.25) is 0 Å². The highest BCUT2D eigenvalue weighted by atomic mass is 19.4. The second-order valence-corrected chi connectivity index (χ2v) is 6.97. The van der Waals surface area contributed by atoms with E-state index in [1.807, 2.05) is 0 Å². The third-order valence-corrected chi connectivity index (χ3v) is 5.20. The number of halogens is 3. The number of aryl methyl sites for hydroxylation is 3. The number of nitrogens with one attached hydrogen (secondary N) is 1. The van der Waals surface area contributed by atoms with Crippen LogP contribution in [0.15, 0.2) is 42.5 Å². The lowest BCUT2D eigenvalue weighted by atomic mass is 10.0. The number of fused-ring (bicyclic) bond motifs is 3. The highest BCUT2D eigenvalue weighted by Gasteiger charge is 2.31. The summed E-state index contributed by atoms with van der Waals surface area (Å²) in [5.74, 6) is 0. The van der Waals surface area contributed by atoms with Gasteiger partial charge in [0.25, 0.3) is 0 Å². The van der Waals surface area contributed by atoms with E-state index in [1.165, 1.54) is 29.0 Å². The van der Waals surface area contributed by atoms with Crippen molar-refractivity contribution in [3.63, 3.8) is 0 Å². The lowest BCUT2D eigenvalue weighted by Crippen LogP contribution is -2.24. The van der Waals surface area contributed by atoms with E-state index < -0.39 is 11.7 Å². The van der Waals surface area contributed by atoms with E-state index in [9.17, 15) is 13.2 Å². The Morgan fingerprint density at radius 3 is 2.58 bits per heavy atom. The molecule has 2 heterocycles. The molecule has 4 rings (SSSR count). The Bertz CT molecular complexity index is 937. The van der Waals surface area contributed by atoms with Crippen molar-refractivity contribution < 1.29 is 13.2 Å². The first-order chi connectivity index (χ1) is 12.4. The summed E-state index contributed by atoms with van der Waals surface area (Å²) in [4.78, 5) is 0. The van der Waals surface area contributed by atoms with E-state index in [1.54, 1.807) is 6.07 Å². The summed E-state index contributed by atoms with van der Waals surface area (Å²) in [6.45, 7) is 4.33. The van der Waals surface area contributed by atoms with Gasteiger partial charge in [-0.15, -0.1) is 0 Å². The standard InChI is InChI=1S/C21H21F3N2/c1-14-2-4-15(5-3-14)9-11-26-19-7-6-16(21(22,23)24)12-17(19)18-13-25-10-8-20(18)26/h2-7,12,25H,8-11,13H2,1H3. The topological polar surface area (TPSA) is 17.0 Å². The summed E-state index contributed by atoms with van der Waals surface area (Å²) in [7, 11) is 0. The fourth-order valence-corrected chi connectivity index (χ4v) is 3.81. The monoisotopic (exact) mass is 358 g/mol. The Balaban J connectivity index is 1.74. The molecule has 2 aromatic carbocycles. The number of aromatic nitrogens is 1. The average molecular weight is 358 g/mol. The molecule has 0 atom stereocenters. The third-order valence-electron chi connectivity index (χ3n) is 5.20. The first-order valence-corrected chi connectivity index (χ1v) is 8.91. The highest BCUT2D eigenvalue weighted by molar-refractivity contribution is 5.86. The molecule has 1 aliphatic heterocycles. The Kier molecular flexibility index (Phi) is 4.27. The summed E-state index contributed by atoms with van der Waals surface area (Å²) in [5.41, 5.74) is 4.98. The summed E-state index contributed by atoms with van der Waals surface area (Å²) in [6.07, 6.45) is -2.60. The number of hydrogen-bond donors (Lipinski definition) is 1. The van der Waals surface area contributed by atoms with Crippen LogP contribution < -0.4 is 5.32 Å². The number of hydrogen-bond acceptors (Lipinski definition) is 1. The maximum Gasteiger partial charge on any atom is 0.416 e. The molecule has 0 amide bonds. The summed E-state index contributed by atoms with van der Waals surface area (Å²) in [5, 5.41) is 4.02. The molecule has 0 unspecified atom stereocenters. The lowest BCUT2D eigenvalue weighted by Gasteiger charge is -2.17. The molecule has 0 saturated heterocycles. The second kappa shape index (κ2) is 6.47. The summed E-state index contributed by atoms with van der Waals surface area (Å²) in [6, 6.07) is 12.6. The van der Waals surface area contributed by atoms with Crippen molar-refractivity contribution in [3.8, 4) is 0 Å². The Labute approximate surface area is 150 Å². The van der Waals surface area contributed by atoms with Gasteiger partial charge in [0.2, 0.25) is 0 Å². The van der Waals surface area contributed by atoms with Crippen LogP contribution >= 0.6 is 0 Å². The zero-order chi connectivity index (χ0) is 18.3. The zero-order valence-corrected chi connectivity index (χ0v) is 14.7. The van der Waals surface area contributed by atoms with Crippen LogP contribution in [0.5, 0.6) is 0 Å². The molecule has 1 aliphatic rings. The fraction of sp³-hybridized carbons (Fsp3) is 0.333. The molecular weight excluding hydrogens is 337 g/mol. The van der Waals surface area contributed by atoms with Gasteiger partial charge in [-0.1, -0.05) is 29.8 Å². The second-order valence-electron chi connectivity index (χ2n) is 6.97. The van der Waals surface area contributed by atoms with Crippen molar-refractivity contribution >= 4 is 10.9 Å². The minimum atomic E-state index is -4.31. The summed E-state index contributed by atoms with van der Waals surface area (Å²) >= 11 is 0. The molecule has 3 aromatic rings. The zero-order valence-electron chi connectivity index (χ0n) is 14.7. The average Bonchev–Trinajstić information content (AvgIpc) is 2.94. The Hall–Kier alpha value is -2.27. The third kappa shape index (κ3) is 3.12. The van der Waals surface area contributed by atoms with Gasteiger partial charge >= 0.3 is 6.18 Å². The van der Waals surface area contributed by atoms with Crippen molar-refractivity contribution in [1.82, 2.24) is 9.88 Å². The molecule has 26 heavy (non-hydrogen) atoms. The van der Waals surface area contributed by atoms with Crippen LogP contribution in [-0.2, 0) is 32.1 Å². The van der Waals surface area contributed by atoms with Gasteiger partial charge in [-0.2, -0.15) is 13.2 Å². The summed E-state index contributed by atoms with van der Waals surface area (Å²) < 4.78 is 41.6. The van der Waals surface area contributed by atoms with Crippen molar-refractivity contribution in [2.24, 2.45) is 0 Å². The van der Waals surface area contributed by atoms with Gasteiger partial charge in [0, 0.05) is 42.7 Å². The predicted molar refractivity (Wildman–Crippen MR) is 97.2 cm³/mol. The van der Waals surface area contributed by atoms with Crippen molar-refractivity contribution in [2.45, 2.75) is 39.0 Å². The van der Waals surface area contributed by atoms with Gasteiger partial charge in [-0.05, 0) is 42.7 Å². The normalized spacial score (nSPS) is 14.6. The van der Waals surface area contributed by atoms with E-state index in [2.05, 4.69) is 41.1 Å². The van der Waals surface area contributed by atoms with Crippen LogP contribution in [0.4, 0.5) is 13.2 Å². The smallest absolute Gasteiger partial charge is 0.344 e. The van der Waals surface area contributed by atoms with Gasteiger partial charge in [0.05, 0.1) is 5.56 Å². The molecule has 2 nitrogen and oxygen atoms in total. The molecule has 0 saturated carbocycles. The van der Waals surface area contributed by atoms with Crippen molar-refractivity contribution in [3.05, 3.63) is 70.4 Å². The maximum atomic E-state index is 13.1. The molecule has 0 spiro atoms.